The Morgan fingerprint density at radius 2 is 2.18 bits per heavy atom. The highest BCUT2D eigenvalue weighted by Gasteiger charge is 2.10. The van der Waals surface area contributed by atoms with Gasteiger partial charge in [0.25, 0.3) is 5.56 Å². The molecule has 0 aliphatic heterocycles. The summed E-state index contributed by atoms with van der Waals surface area (Å²) in [5, 5.41) is 0. The summed E-state index contributed by atoms with van der Waals surface area (Å²) < 4.78 is 14.1. The van der Waals surface area contributed by atoms with E-state index >= 15 is 0 Å². The maximum atomic E-state index is 13.0. The van der Waals surface area contributed by atoms with Crippen molar-refractivity contribution in [2.75, 3.05) is 0 Å². The first-order valence-corrected chi connectivity index (χ1v) is 6.58. The van der Waals surface area contributed by atoms with E-state index < -0.39 is 0 Å². The molecule has 0 bridgehead atoms. The van der Waals surface area contributed by atoms with Gasteiger partial charge in [-0.3, -0.25) is 4.79 Å². The van der Waals surface area contributed by atoms with Crippen molar-refractivity contribution in [2.24, 2.45) is 0 Å². The zero-order valence-corrected chi connectivity index (χ0v) is 12.5. The summed E-state index contributed by atoms with van der Waals surface area (Å²) in [6, 6.07) is 4.24. The summed E-state index contributed by atoms with van der Waals surface area (Å²) in [6.07, 6.45) is 0. The predicted octanol–water partition coefficient (Wildman–Crippen LogP) is 3.25. The zero-order chi connectivity index (χ0) is 12.6. The molecule has 1 N–H and O–H groups in total. The average Bonchev–Trinajstić information content (AvgIpc) is 2.25. The standard InChI is InChI=1S/C11H7BrFIN2O/c1-5-9(14)11(17)16-10(15-5)7-3-2-6(13)4-8(7)12/h2-4H,1H3,(H,15,16,17). The third kappa shape index (κ3) is 2.57. The molecule has 0 saturated carbocycles. The first kappa shape index (κ1) is 12.7. The van der Waals surface area contributed by atoms with E-state index in [9.17, 15) is 9.18 Å². The maximum absolute atomic E-state index is 13.0. The number of nitrogens with zero attached hydrogens (tertiary/aromatic N) is 1. The van der Waals surface area contributed by atoms with E-state index in [4.69, 9.17) is 0 Å². The number of H-pyrrole nitrogens is 1. The van der Waals surface area contributed by atoms with Crippen LogP contribution in [0.2, 0.25) is 0 Å². The summed E-state index contributed by atoms with van der Waals surface area (Å²) >= 11 is 5.19. The first-order valence-electron chi connectivity index (χ1n) is 4.71. The van der Waals surface area contributed by atoms with Crippen LogP contribution in [0.1, 0.15) is 5.69 Å². The molecule has 0 amide bonds. The number of nitrogens with one attached hydrogen (secondary N) is 1. The van der Waals surface area contributed by atoms with Crippen LogP contribution < -0.4 is 5.56 Å². The number of hydrogen-bond acceptors (Lipinski definition) is 2. The molecule has 0 unspecified atom stereocenters. The summed E-state index contributed by atoms with van der Waals surface area (Å²) in [6.45, 7) is 1.76. The summed E-state index contributed by atoms with van der Waals surface area (Å²) in [5.74, 6) is 0.0880. The molecule has 2 rings (SSSR count). The molecule has 1 aromatic carbocycles. The monoisotopic (exact) mass is 408 g/mol. The molecule has 0 saturated heterocycles. The normalized spacial score (nSPS) is 10.6. The lowest BCUT2D eigenvalue weighted by Crippen LogP contribution is -2.14. The van der Waals surface area contributed by atoms with Crippen molar-refractivity contribution >= 4 is 38.5 Å². The number of hydrogen-bond donors (Lipinski definition) is 1. The predicted molar refractivity (Wildman–Crippen MR) is 75.4 cm³/mol. The van der Waals surface area contributed by atoms with Crippen LogP contribution in [-0.2, 0) is 0 Å². The molecular weight excluding hydrogens is 402 g/mol. The van der Waals surface area contributed by atoms with Crippen molar-refractivity contribution in [3.8, 4) is 11.4 Å². The minimum atomic E-state index is -0.342. The van der Waals surface area contributed by atoms with E-state index in [0.29, 0.717) is 25.1 Å². The van der Waals surface area contributed by atoms with E-state index in [1.165, 1.54) is 12.1 Å². The molecule has 1 aromatic heterocycles. The van der Waals surface area contributed by atoms with Gasteiger partial charge in [-0.25, -0.2) is 9.37 Å². The fourth-order valence-electron chi connectivity index (χ4n) is 1.38. The molecule has 0 atom stereocenters. The molecule has 0 spiro atoms. The van der Waals surface area contributed by atoms with Crippen LogP contribution in [0.4, 0.5) is 4.39 Å². The van der Waals surface area contributed by atoms with Crippen LogP contribution in [0.5, 0.6) is 0 Å². The maximum Gasteiger partial charge on any atom is 0.264 e. The van der Waals surface area contributed by atoms with Crippen molar-refractivity contribution in [1.29, 1.82) is 0 Å². The summed E-state index contributed by atoms with van der Waals surface area (Å²) in [7, 11) is 0. The van der Waals surface area contributed by atoms with Crippen molar-refractivity contribution in [3.63, 3.8) is 0 Å². The number of aromatic amines is 1. The van der Waals surface area contributed by atoms with E-state index in [-0.39, 0.29) is 11.4 Å². The average molecular weight is 409 g/mol. The van der Waals surface area contributed by atoms with Crippen LogP contribution in [0.15, 0.2) is 27.5 Å². The second-order valence-electron chi connectivity index (χ2n) is 3.44. The van der Waals surface area contributed by atoms with Crippen LogP contribution >= 0.6 is 38.5 Å². The fourth-order valence-corrected chi connectivity index (χ4v) is 2.17. The molecule has 0 radical (unpaired) electrons. The van der Waals surface area contributed by atoms with Crippen LogP contribution in [0, 0.1) is 16.3 Å². The molecule has 0 aliphatic rings. The highest BCUT2D eigenvalue weighted by atomic mass is 127. The van der Waals surface area contributed by atoms with Crippen molar-refractivity contribution in [3.05, 3.63) is 48.1 Å². The van der Waals surface area contributed by atoms with Gasteiger partial charge in [-0.1, -0.05) is 0 Å². The lowest BCUT2D eigenvalue weighted by atomic mass is 10.2. The Kier molecular flexibility index (Phi) is 3.62. The third-order valence-corrected chi connectivity index (χ3v) is 4.14. The van der Waals surface area contributed by atoms with E-state index in [2.05, 4.69) is 25.9 Å². The van der Waals surface area contributed by atoms with Gasteiger partial charge >= 0.3 is 0 Å². The fraction of sp³-hybridized carbons (Fsp3) is 0.0909. The molecule has 1 heterocycles. The van der Waals surface area contributed by atoms with Crippen LogP contribution in [0.3, 0.4) is 0 Å². The van der Waals surface area contributed by atoms with Gasteiger partial charge in [0.2, 0.25) is 0 Å². The van der Waals surface area contributed by atoms with Crippen molar-refractivity contribution in [2.45, 2.75) is 6.92 Å². The topological polar surface area (TPSA) is 45.8 Å². The van der Waals surface area contributed by atoms with Gasteiger partial charge in [-0.2, -0.15) is 0 Å². The van der Waals surface area contributed by atoms with E-state index in [1.54, 1.807) is 13.0 Å². The zero-order valence-electron chi connectivity index (χ0n) is 8.72. The van der Waals surface area contributed by atoms with Gasteiger partial charge in [-0.05, 0) is 63.6 Å². The van der Waals surface area contributed by atoms with Gasteiger partial charge in [0.15, 0.2) is 0 Å². The first-order chi connectivity index (χ1) is 7.99. The number of aryl methyl sites for hydroxylation is 1. The van der Waals surface area contributed by atoms with E-state index in [1.807, 2.05) is 22.6 Å². The summed E-state index contributed by atoms with van der Waals surface area (Å²) in [4.78, 5) is 18.6. The minimum absolute atomic E-state index is 0.190. The van der Waals surface area contributed by atoms with Gasteiger partial charge < -0.3 is 4.98 Å². The van der Waals surface area contributed by atoms with Crippen molar-refractivity contribution in [1.82, 2.24) is 9.97 Å². The molecule has 6 heteroatoms. The molecule has 2 aromatic rings. The molecule has 17 heavy (non-hydrogen) atoms. The molecule has 88 valence electrons. The Morgan fingerprint density at radius 1 is 1.47 bits per heavy atom. The third-order valence-electron chi connectivity index (χ3n) is 2.21. The van der Waals surface area contributed by atoms with Crippen LogP contribution in [0.25, 0.3) is 11.4 Å². The smallest absolute Gasteiger partial charge is 0.264 e. The van der Waals surface area contributed by atoms with Gasteiger partial charge in [-0.15, -0.1) is 0 Å². The Hall–Kier alpha value is -0.760. The summed E-state index contributed by atoms with van der Waals surface area (Å²) in [5.41, 5.74) is 1.12. The lowest BCUT2D eigenvalue weighted by Gasteiger charge is -2.05. The van der Waals surface area contributed by atoms with Gasteiger partial charge in [0.1, 0.15) is 11.6 Å². The highest BCUT2D eigenvalue weighted by molar-refractivity contribution is 14.1. The number of aromatic nitrogens is 2. The quantitative estimate of drug-likeness (QED) is 0.736. The largest absolute Gasteiger partial charge is 0.306 e. The Bertz CT molecular complexity index is 642. The Balaban J connectivity index is 2.65. The Morgan fingerprint density at radius 3 is 2.76 bits per heavy atom. The molecule has 0 fully saturated rings. The van der Waals surface area contributed by atoms with Gasteiger partial charge in [0, 0.05) is 10.0 Å². The second-order valence-corrected chi connectivity index (χ2v) is 5.37. The van der Waals surface area contributed by atoms with E-state index in [0.717, 1.165) is 0 Å². The molecular formula is C11H7BrFIN2O. The van der Waals surface area contributed by atoms with Gasteiger partial charge in [0.05, 0.1) is 9.26 Å². The second kappa shape index (κ2) is 4.85. The minimum Gasteiger partial charge on any atom is -0.306 e. The SMILES string of the molecule is Cc1nc(-c2ccc(F)cc2Br)[nH]c(=O)c1I. The molecule has 3 nitrogen and oxygen atoms in total. The lowest BCUT2D eigenvalue weighted by molar-refractivity contribution is 0.627. The number of rotatable bonds is 1. The number of halogens is 3. The highest BCUT2D eigenvalue weighted by Crippen LogP contribution is 2.26. The van der Waals surface area contributed by atoms with Crippen LogP contribution in [-0.4, -0.2) is 9.97 Å². The van der Waals surface area contributed by atoms with Crippen molar-refractivity contribution < 1.29 is 4.39 Å². The number of benzene rings is 1. The Labute approximate surface area is 119 Å². The molecule has 0 aliphatic carbocycles.